The van der Waals surface area contributed by atoms with Crippen LogP contribution in [0.15, 0.2) is 42.5 Å². The summed E-state index contributed by atoms with van der Waals surface area (Å²) in [5, 5.41) is 5.25. The number of hydrogen-bond acceptors (Lipinski definition) is 2. The Kier molecular flexibility index (Phi) is 4.53. The normalized spacial score (nSPS) is 12.3. The van der Waals surface area contributed by atoms with Crippen molar-refractivity contribution in [3.8, 4) is 0 Å². The third-order valence-electron chi connectivity index (χ3n) is 3.31. The lowest BCUT2D eigenvalue weighted by atomic mass is 10.0. The average molecular weight is 256 g/mol. The molecule has 1 amide bonds. The fourth-order valence-corrected chi connectivity index (χ4v) is 2.22. The molecule has 0 aliphatic carbocycles. The first-order chi connectivity index (χ1) is 9.24. The minimum atomic E-state index is -0.100. The van der Waals surface area contributed by atoms with E-state index < -0.39 is 0 Å². The molecule has 3 N–H and O–H groups in total. The third-order valence-corrected chi connectivity index (χ3v) is 3.31. The van der Waals surface area contributed by atoms with Gasteiger partial charge in [-0.2, -0.15) is 0 Å². The molecule has 0 saturated heterocycles. The molecule has 0 heterocycles. The highest BCUT2D eigenvalue weighted by atomic mass is 16.1. The molecule has 100 valence electrons. The number of carbonyl (C=O) groups is 1. The van der Waals surface area contributed by atoms with Gasteiger partial charge in [-0.25, -0.2) is 0 Å². The summed E-state index contributed by atoms with van der Waals surface area (Å²) in [5.74, 6) is -0.0869. The Balaban J connectivity index is 2.14. The maximum absolute atomic E-state index is 12.1. The van der Waals surface area contributed by atoms with Crippen molar-refractivity contribution < 1.29 is 4.79 Å². The van der Waals surface area contributed by atoms with Crippen LogP contribution in [0, 0.1) is 5.92 Å². The standard InChI is InChI=1S/C16H20N2O/c1-2-5-14(11-17)16(19)18-15-9-8-12-6-3-4-7-13(12)10-15/h3-4,6-10,14H,2,5,11,17H2,1H3,(H,18,19). The lowest BCUT2D eigenvalue weighted by Gasteiger charge is -2.14. The van der Waals surface area contributed by atoms with Gasteiger partial charge in [-0.1, -0.05) is 43.7 Å². The number of anilines is 1. The molecule has 3 heteroatoms. The van der Waals surface area contributed by atoms with Crippen LogP contribution in [-0.2, 0) is 4.79 Å². The second-order valence-corrected chi connectivity index (χ2v) is 4.77. The first kappa shape index (κ1) is 13.6. The summed E-state index contributed by atoms with van der Waals surface area (Å²) in [6.45, 7) is 2.46. The maximum Gasteiger partial charge on any atom is 0.228 e. The molecule has 0 radical (unpaired) electrons. The Morgan fingerprint density at radius 2 is 1.95 bits per heavy atom. The Hall–Kier alpha value is -1.87. The molecule has 3 nitrogen and oxygen atoms in total. The van der Waals surface area contributed by atoms with Crippen LogP contribution in [0.3, 0.4) is 0 Å². The van der Waals surface area contributed by atoms with Crippen molar-refractivity contribution in [2.45, 2.75) is 19.8 Å². The number of amides is 1. The van der Waals surface area contributed by atoms with Gasteiger partial charge in [0.2, 0.25) is 5.91 Å². The maximum atomic E-state index is 12.1. The highest BCUT2D eigenvalue weighted by Crippen LogP contribution is 2.19. The summed E-state index contributed by atoms with van der Waals surface area (Å²) < 4.78 is 0. The van der Waals surface area contributed by atoms with Gasteiger partial charge in [0, 0.05) is 12.2 Å². The number of nitrogens with two attached hydrogens (primary N) is 1. The predicted molar refractivity (Wildman–Crippen MR) is 80.0 cm³/mol. The van der Waals surface area contributed by atoms with Gasteiger partial charge in [-0.3, -0.25) is 4.79 Å². The van der Waals surface area contributed by atoms with Gasteiger partial charge >= 0.3 is 0 Å². The number of nitrogens with one attached hydrogen (secondary N) is 1. The molecule has 0 saturated carbocycles. The fraction of sp³-hybridized carbons (Fsp3) is 0.312. The molecule has 0 fully saturated rings. The molecular weight excluding hydrogens is 236 g/mol. The van der Waals surface area contributed by atoms with Crippen LogP contribution in [0.1, 0.15) is 19.8 Å². The predicted octanol–water partition coefficient (Wildman–Crippen LogP) is 3.15. The molecule has 2 aromatic carbocycles. The monoisotopic (exact) mass is 256 g/mol. The van der Waals surface area contributed by atoms with Crippen molar-refractivity contribution in [2.75, 3.05) is 11.9 Å². The van der Waals surface area contributed by atoms with Crippen molar-refractivity contribution in [2.24, 2.45) is 11.7 Å². The zero-order valence-corrected chi connectivity index (χ0v) is 11.2. The molecular formula is C16H20N2O. The Morgan fingerprint density at radius 1 is 1.21 bits per heavy atom. The molecule has 2 rings (SSSR count). The van der Waals surface area contributed by atoms with Crippen LogP contribution in [0.25, 0.3) is 10.8 Å². The van der Waals surface area contributed by atoms with Crippen LogP contribution in [0.4, 0.5) is 5.69 Å². The molecule has 19 heavy (non-hydrogen) atoms. The van der Waals surface area contributed by atoms with E-state index >= 15 is 0 Å². The van der Waals surface area contributed by atoms with E-state index in [9.17, 15) is 4.79 Å². The largest absolute Gasteiger partial charge is 0.330 e. The molecule has 1 unspecified atom stereocenters. The highest BCUT2D eigenvalue weighted by molar-refractivity contribution is 5.95. The molecule has 2 aromatic rings. The topological polar surface area (TPSA) is 55.1 Å². The van der Waals surface area contributed by atoms with Gasteiger partial charge in [-0.15, -0.1) is 0 Å². The quantitative estimate of drug-likeness (QED) is 0.863. The van der Waals surface area contributed by atoms with E-state index in [2.05, 4.69) is 18.3 Å². The summed E-state index contributed by atoms with van der Waals surface area (Å²) in [6.07, 6.45) is 1.79. The van der Waals surface area contributed by atoms with Gasteiger partial charge in [0.05, 0.1) is 5.92 Å². The first-order valence-electron chi connectivity index (χ1n) is 6.74. The minimum absolute atomic E-state index is 0.0135. The lowest BCUT2D eigenvalue weighted by Crippen LogP contribution is -2.29. The summed E-state index contributed by atoms with van der Waals surface area (Å²) in [5.41, 5.74) is 6.47. The molecule has 0 spiro atoms. The van der Waals surface area contributed by atoms with E-state index in [1.165, 1.54) is 5.39 Å². The van der Waals surface area contributed by atoms with Gasteiger partial charge in [-0.05, 0) is 29.3 Å². The van der Waals surface area contributed by atoms with Gasteiger partial charge < -0.3 is 11.1 Å². The Morgan fingerprint density at radius 3 is 2.63 bits per heavy atom. The van der Waals surface area contributed by atoms with Crippen molar-refractivity contribution in [3.05, 3.63) is 42.5 Å². The summed E-state index contributed by atoms with van der Waals surface area (Å²) in [6, 6.07) is 14.0. The van der Waals surface area contributed by atoms with Gasteiger partial charge in [0.15, 0.2) is 0 Å². The summed E-state index contributed by atoms with van der Waals surface area (Å²) >= 11 is 0. The van der Waals surface area contributed by atoms with Gasteiger partial charge in [0.25, 0.3) is 0 Å². The van der Waals surface area contributed by atoms with E-state index in [1.54, 1.807) is 0 Å². The third kappa shape index (κ3) is 3.32. The van der Waals surface area contributed by atoms with Crippen molar-refractivity contribution in [1.82, 2.24) is 0 Å². The molecule has 0 aromatic heterocycles. The van der Waals surface area contributed by atoms with Crippen molar-refractivity contribution >= 4 is 22.4 Å². The number of hydrogen-bond donors (Lipinski definition) is 2. The number of carbonyl (C=O) groups excluding carboxylic acids is 1. The summed E-state index contributed by atoms with van der Waals surface area (Å²) in [7, 11) is 0. The fourth-order valence-electron chi connectivity index (χ4n) is 2.22. The molecule has 0 bridgehead atoms. The minimum Gasteiger partial charge on any atom is -0.330 e. The second kappa shape index (κ2) is 6.34. The molecule has 0 aliphatic heterocycles. The van der Waals surface area contributed by atoms with Crippen LogP contribution in [0.5, 0.6) is 0 Å². The number of fused-ring (bicyclic) bond motifs is 1. The van der Waals surface area contributed by atoms with Crippen LogP contribution >= 0.6 is 0 Å². The zero-order valence-electron chi connectivity index (χ0n) is 11.2. The van der Waals surface area contributed by atoms with E-state index in [0.29, 0.717) is 6.54 Å². The number of rotatable bonds is 5. The first-order valence-corrected chi connectivity index (χ1v) is 6.74. The van der Waals surface area contributed by atoms with E-state index in [4.69, 9.17) is 5.73 Å². The Bertz CT molecular complexity index is 565. The van der Waals surface area contributed by atoms with Gasteiger partial charge in [0.1, 0.15) is 0 Å². The van der Waals surface area contributed by atoms with Crippen molar-refractivity contribution in [1.29, 1.82) is 0 Å². The SMILES string of the molecule is CCCC(CN)C(=O)Nc1ccc2ccccc2c1. The molecule has 1 atom stereocenters. The van der Waals surface area contributed by atoms with E-state index in [1.807, 2.05) is 36.4 Å². The summed E-state index contributed by atoms with van der Waals surface area (Å²) in [4.78, 5) is 12.1. The van der Waals surface area contributed by atoms with E-state index in [-0.39, 0.29) is 11.8 Å². The lowest BCUT2D eigenvalue weighted by molar-refractivity contribution is -0.119. The van der Waals surface area contributed by atoms with Crippen LogP contribution in [-0.4, -0.2) is 12.5 Å². The van der Waals surface area contributed by atoms with E-state index in [0.717, 1.165) is 23.9 Å². The zero-order chi connectivity index (χ0) is 13.7. The second-order valence-electron chi connectivity index (χ2n) is 4.77. The Labute approximate surface area is 113 Å². The molecule has 0 aliphatic rings. The highest BCUT2D eigenvalue weighted by Gasteiger charge is 2.15. The van der Waals surface area contributed by atoms with Crippen LogP contribution < -0.4 is 11.1 Å². The average Bonchev–Trinajstić information content (AvgIpc) is 2.44. The smallest absolute Gasteiger partial charge is 0.228 e. The van der Waals surface area contributed by atoms with Crippen molar-refractivity contribution in [3.63, 3.8) is 0 Å². The number of benzene rings is 2. The van der Waals surface area contributed by atoms with Crippen LogP contribution in [0.2, 0.25) is 0 Å².